The van der Waals surface area contributed by atoms with Gasteiger partial charge >= 0.3 is 0 Å². The summed E-state index contributed by atoms with van der Waals surface area (Å²) in [6, 6.07) is 8.09. The van der Waals surface area contributed by atoms with Gasteiger partial charge in [-0.15, -0.1) is 11.3 Å². The van der Waals surface area contributed by atoms with Crippen molar-refractivity contribution >= 4 is 22.2 Å². The number of nitrogens with zero attached hydrogens (tertiary/aromatic N) is 5. The van der Waals surface area contributed by atoms with Crippen molar-refractivity contribution in [1.82, 2.24) is 29.7 Å². The second-order valence-corrected chi connectivity index (χ2v) is 7.36. The fourth-order valence-corrected chi connectivity index (χ4v) is 3.82. The average Bonchev–Trinajstić information content (AvgIpc) is 3.34. The molecular weight excluding hydrogens is 360 g/mol. The van der Waals surface area contributed by atoms with Crippen molar-refractivity contribution in [3.8, 4) is 11.3 Å². The van der Waals surface area contributed by atoms with Crippen molar-refractivity contribution in [1.29, 1.82) is 0 Å². The molecule has 0 saturated heterocycles. The van der Waals surface area contributed by atoms with Crippen LogP contribution in [0.4, 0.5) is 0 Å². The number of benzene rings is 1. The van der Waals surface area contributed by atoms with Crippen LogP contribution in [0, 0.1) is 13.8 Å². The first-order valence-electron chi connectivity index (χ1n) is 8.69. The lowest BCUT2D eigenvalue weighted by atomic mass is 10.0. The molecule has 27 heavy (non-hydrogen) atoms. The highest BCUT2D eigenvalue weighted by atomic mass is 32.1. The normalized spacial score (nSPS) is 11.2. The number of aromatic nitrogens is 5. The summed E-state index contributed by atoms with van der Waals surface area (Å²) in [5.41, 5.74) is 5.89. The van der Waals surface area contributed by atoms with Gasteiger partial charge in [0, 0.05) is 31.0 Å². The number of hydrogen-bond acceptors (Lipinski definition) is 5. The molecule has 1 N–H and O–H groups in total. The van der Waals surface area contributed by atoms with Gasteiger partial charge in [0.25, 0.3) is 5.91 Å². The van der Waals surface area contributed by atoms with Gasteiger partial charge in [0.1, 0.15) is 6.33 Å². The van der Waals surface area contributed by atoms with Crippen LogP contribution in [-0.2, 0) is 13.5 Å². The molecule has 1 amide bonds. The zero-order valence-corrected chi connectivity index (χ0v) is 16.2. The number of carbonyl (C=O) groups excluding carboxylic acids is 1. The lowest BCUT2D eigenvalue weighted by molar-refractivity contribution is 0.0948. The molecule has 7 nitrogen and oxygen atoms in total. The maximum atomic E-state index is 12.5. The lowest BCUT2D eigenvalue weighted by Gasteiger charge is -2.05. The molecule has 138 valence electrons. The van der Waals surface area contributed by atoms with Gasteiger partial charge in [-0.05, 0) is 37.1 Å². The van der Waals surface area contributed by atoms with Gasteiger partial charge in [-0.1, -0.05) is 12.1 Å². The average molecular weight is 380 g/mol. The molecular formula is C19H20N6OS. The molecule has 0 unspecified atom stereocenters. The van der Waals surface area contributed by atoms with Gasteiger partial charge in [0.05, 0.1) is 11.4 Å². The number of fused-ring (bicyclic) bond motifs is 1. The zero-order chi connectivity index (χ0) is 19.0. The molecule has 4 aromatic rings. The summed E-state index contributed by atoms with van der Waals surface area (Å²) in [7, 11) is 1.86. The minimum atomic E-state index is -0.175. The van der Waals surface area contributed by atoms with E-state index in [0.29, 0.717) is 18.7 Å². The number of hydrogen-bond donors (Lipinski definition) is 1. The molecule has 0 atom stereocenters. The Morgan fingerprint density at radius 1 is 1.22 bits per heavy atom. The van der Waals surface area contributed by atoms with Crippen molar-refractivity contribution in [3.63, 3.8) is 0 Å². The maximum absolute atomic E-state index is 12.5. The summed E-state index contributed by atoms with van der Waals surface area (Å²) in [6.45, 7) is 4.68. The van der Waals surface area contributed by atoms with E-state index in [-0.39, 0.29) is 5.91 Å². The van der Waals surface area contributed by atoms with Crippen molar-refractivity contribution in [2.75, 3.05) is 6.54 Å². The topological polar surface area (TPSA) is 77.1 Å². The molecule has 3 heterocycles. The third-order valence-electron chi connectivity index (χ3n) is 4.67. The summed E-state index contributed by atoms with van der Waals surface area (Å²) in [4.78, 5) is 17.5. The first-order chi connectivity index (χ1) is 13.0. The van der Waals surface area contributed by atoms with Gasteiger partial charge in [0.15, 0.2) is 5.69 Å². The minimum Gasteiger partial charge on any atom is -0.350 e. The summed E-state index contributed by atoms with van der Waals surface area (Å²) in [5, 5.41) is 13.5. The molecule has 0 aliphatic carbocycles. The number of amides is 1. The van der Waals surface area contributed by atoms with E-state index in [1.165, 1.54) is 17.5 Å². The first kappa shape index (κ1) is 17.4. The van der Waals surface area contributed by atoms with Crippen LogP contribution in [0.5, 0.6) is 0 Å². The Morgan fingerprint density at radius 2 is 2.07 bits per heavy atom. The Morgan fingerprint density at radius 3 is 2.89 bits per heavy atom. The monoisotopic (exact) mass is 380 g/mol. The molecule has 0 fully saturated rings. The number of carbonyl (C=O) groups is 1. The van der Waals surface area contributed by atoms with E-state index < -0.39 is 0 Å². The number of thiazole rings is 1. The fourth-order valence-electron chi connectivity index (χ4n) is 2.99. The van der Waals surface area contributed by atoms with E-state index in [4.69, 9.17) is 0 Å². The fraction of sp³-hybridized carbons (Fsp3) is 0.263. The molecule has 0 bridgehead atoms. The number of aryl methyl sites for hydroxylation is 3. The smallest absolute Gasteiger partial charge is 0.271 e. The van der Waals surface area contributed by atoms with E-state index in [9.17, 15) is 4.79 Å². The van der Waals surface area contributed by atoms with E-state index in [2.05, 4.69) is 52.5 Å². The highest BCUT2D eigenvalue weighted by Crippen LogP contribution is 2.22. The Kier molecular flexibility index (Phi) is 4.49. The van der Waals surface area contributed by atoms with E-state index in [1.54, 1.807) is 20.5 Å². The van der Waals surface area contributed by atoms with Gasteiger partial charge in [-0.3, -0.25) is 9.48 Å². The molecule has 0 spiro atoms. The second kappa shape index (κ2) is 6.96. The lowest BCUT2D eigenvalue weighted by Crippen LogP contribution is -2.26. The molecule has 3 aromatic heterocycles. The summed E-state index contributed by atoms with van der Waals surface area (Å²) >= 11 is 1.54. The Bertz CT molecular complexity index is 1120. The molecule has 1 aromatic carbocycles. The van der Waals surface area contributed by atoms with E-state index in [0.717, 1.165) is 21.9 Å². The van der Waals surface area contributed by atoms with Crippen LogP contribution >= 0.6 is 11.3 Å². The van der Waals surface area contributed by atoms with Crippen LogP contribution in [0.2, 0.25) is 0 Å². The SMILES string of the molecule is Cc1ccc(-c2cc(C(=O)NCCc3csc4ncnn34)nn2C)cc1C. The highest BCUT2D eigenvalue weighted by Gasteiger charge is 2.14. The van der Waals surface area contributed by atoms with Crippen molar-refractivity contribution in [2.45, 2.75) is 20.3 Å². The Labute approximate surface area is 160 Å². The predicted octanol–water partition coefficient (Wildman–Crippen LogP) is 2.78. The Hall–Kier alpha value is -3.00. The van der Waals surface area contributed by atoms with Gasteiger partial charge in [-0.25, -0.2) is 9.50 Å². The molecule has 0 aliphatic heterocycles. The maximum Gasteiger partial charge on any atom is 0.271 e. The number of nitrogens with one attached hydrogen (secondary N) is 1. The third kappa shape index (κ3) is 3.35. The van der Waals surface area contributed by atoms with Crippen molar-refractivity contribution in [3.05, 3.63) is 58.5 Å². The largest absolute Gasteiger partial charge is 0.350 e. The quantitative estimate of drug-likeness (QED) is 0.578. The third-order valence-corrected chi connectivity index (χ3v) is 5.55. The molecule has 0 radical (unpaired) electrons. The molecule has 4 rings (SSSR count). The summed E-state index contributed by atoms with van der Waals surface area (Å²) in [6.07, 6.45) is 2.22. The van der Waals surface area contributed by atoms with Gasteiger partial charge in [0.2, 0.25) is 4.96 Å². The Balaban J connectivity index is 1.44. The van der Waals surface area contributed by atoms with E-state index in [1.807, 2.05) is 18.5 Å². The number of rotatable bonds is 5. The van der Waals surface area contributed by atoms with Crippen LogP contribution in [0.25, 0.3) is 16.2 Å². The van der Waals surface area contributed by atoms with E-state index >= 15 is 0 Å². The minimum absolute atomic E-state index is 0.175. The van der Waals surface area contributed by atoms with Crippen LogP contribution in [0.1, 0.15) is 27.3 Å². The highest BCUT2D eigenvalue weighted by molar-refractivity contribution is 7.15. The van der Waals surface area contributed by atoms with Gasteiger partial charge in [-0.2, -0.15) is 10.2 Å². The van der Waals surface area contributed by atoms with Crippen LogP contribution in [0.15, 0.2) is 36.0 Å². The van der Waals surface area contributed by atoms with Crippen molar-refractivity contribution in [2.24, 2.45) is 7.05 Å². The summed E-state index contributed by atoms with van der Waals surface area (Å²) < 4.78 is 3.55. The van der Waals surface area contributed by atoms with Gasteiger partial charge < -0.3 is 5.32 Å². The standard InChI is InChI=1S/C19H20N6OS/c1-12-4-5-14(8-13(12)2)17-9-16(23-24(17)3)18(26)20-7-6-15-10-27-19-21-11-22-25(15)19/h4-5,8-11H,6-7H2,1-3H3,(H,20,26). The molecule has 0 saturated carbocycles. The van der Waals surface area contributed by atoms with Crippen LogP contribution in [0.3, 0.4) is 0 Å². The summed E-state index contributed by atoms with van der Waals surface area (Å²) in [5.74, 6) is -0.175. The molecule has 0 aliphatic rings. The zero-order valence-electron chi connectivity index (χ0n) is 15.4. The van der Waals surface area contributed by atoms with Crippen LogP contribution < -0.4 is 5.32 Å². The first-order valence-corrected chi connectivity index (χ1v) is 9.57. The van der Waals surface area contributed by atoms with Crippen LogP contribution in [-0.4, -0.2) is 36.8 Å². The van der Waals surface area contributed by atoms with Crippen molar-refractivity contribution < 1.29 is 4.79 Å². The predicted molar refractivity (Wildman–Crippen MR) is 105 cm³/mol. The second-order valence-electron chi connectivity index (χ2n) is 6.52. The molecule has 8 heteroatoms.